The van der Waals surface area contributed by atoms with Crippen molar-refractivity contribution in [3.63, 3.8) is 0 Å². The first-order chi connectivity index (χ1) is 8.05. The summed E-state index contributed by atoms with van der Waals surface area (Å²) < 4.78 is 0. The van der Waals surface area contributed by atoms with E-state index in [9.17, 15) is 4.79 Å². The smallest absolute Gasteiger partial charge is 0.325 e. The van der Waals surface area contributed by atoms with Gasteiger partial charge in [-0.15, -0.1) is 0 Å². The van der Waals surface area contributed by atoms with Crippen LogP contribution in [0.25, 0.3) is 0 Å². The molecular weight excluding hydrogens is 220 g/mol. The lowest BCUT2D eigenvalue weighted by atomic mass is 10.0. The molecule has 0 aromatic carbocycles. The highest BCUT2D eigenvalue weighted by molar-refractivity contribution is 5.80. The van der Waals surface area contributed by atoms with Crippen LogP contribution in [0.2, 0.25) is 0 Å². The molecule has 17 heavy (non-hydrogen) atoms. The number of rotatable bonds is 2. The van der Waals surface area contributed by atoms with Crippen molar-refractivity contribution in [1.29, 1.82) is 5.26 Å². The molecule has 0 saturated carbocycles. The molecule has 6 nitrogen and oxygen atoms in total. The first-order valence-electron chi connectivity index (χ1n) is 5.18. The molecule has 1 fully saturated rings. The summed E-state index contributed by atoms with van der Waals surface area (Å²) >= 11 is 0. The lowest BCUT2D eigenvalue weighted by molar-refractivity contribution is -0.142. The van der Waals surface area contributed by atoms with E-state index in [0.717, 1.165) is 0 Å². The second-order valence-electron chi connectivity index (χ2n) is 4.15. The second-order valence-corrected chi connectivity index (χ2v) is 4.15. The Labute approximate surface area is 98.3 Å². The van der Waals surface area contributed by atoms with Crippen molar-refractivity contribution in [2.24, 2.45) is 5.73 Å². The molecule has 1 atom stereocenters. The summed E-state index contributed by atoms with van der Waals surface area (Å²) in [6.07, 6.45) is 1.86. The fourth-order valence-corrected chi connectivity index (χ4v) is 1.84. The zero-order chi connectivity index (χ0) is 12.5. The Hall–Kier alpha value is -2.13. The number of hydrogen-bond acceptors (Lipinski definition) is 5. The molecular formula is C11H12N4O2. The van der Waals surface area contributed by atoms with Gasteiger partial charge in [0.15, 0.2) is 0 Å². The van der Waals surface area contributed by atoms with Gasteiger partial charge in [0.1, 0.15) is 17.4 Å². The van der Waals surface area contributed by atoms with Crippen LogP contribution in [0.3, 0.4) is 0 Å². The fraction of sp³-hybridized carbons (Fsp3) is 0.364. The highest BCUT2D eigenvalue weighted by Gasteiger charge is 2.41. The molecule has 0 bridgehead atoms. The number of pyridine rings is 1. The maximum absolute atomic E-state index is 11.0. The van der Waals surface area contributed by atoms with Crippen LogP contribution in [0, 0.1) is 11.3 Å². The molecule has 88 valence electrons. The van der Waals surface area contributed by atoms with E-state index in [1.165, 1.54) is 6.20 Å². The van der Waals surface area contributed by atoms with E-state index < -0.39 is 11.5 Å². The van der Waals surface area contributed by atoms with E-state index in [1.807, 2.05) is 11.0 Å². The predicted molar refractivity (Wildman–Crippen MR) is 60.3 cm³/mol. The number of aromatic nitrogens is 1. The molecule has 0 radical (unpaired) electrons. The number of carbonyl (C=O) groups is 1. The maximum atomic E-state index is 11.0. The quantitative estimate of drug-likeness (QED) is 0.740. The third-order valence-electron chi connectivity index (χ3n) is 2.93. The number of carboxylic acid groups (broad SMARTS) is 1. The molecule has 3 N–H and O–H groups in total. The maximum Gasteiger partial charge on any atom is 0.325 e. The average molecular weight is 232 g/mol. The van der Waals surface area contributed by atoms with Gasteiger partial charge in [-0.3, -0.25) is 4.79 Å². The third-order valence-corrected chi connectivity index (χ3v) is 2.93. The van der Waals surface area contributed by atoms with Gasteiger partial charge in [-0.1, -0.05) is 0 Å². The van der Waals surface area contributed by atoms with Gasteiger partial charge in [-0.25, -0.2) is 4.98 Å². The minimum atomic E-state index is -1.20. The number of aliphatic carboxylic acids is 1. The molecule has 0 amide bonds. The van der Waals surface area contributed by atoms with E-state index in [2.05, 4.69) is 4.98 Å². The Morgan fingerprint density at radius 3 is 2.88 bits per heavy atom. The Morgan fingerprint density at radius 1 is 1.65 bits per heavy atom. The molecule has 1 aromatic heterocycles. The molecule has 1 aromatic rings. The monoisotopic (exact) mass is 232 g/mol. The average Bonchev–Trinajstić information content (AvgIpc) is 2.74. The highest BCUT2D eigenvalue weighted by atomic mass is 16.4. The van der Waals surface area contributed by atoms with Crippen LogP contribution in [-0.2, 0) is 4.79 Å². The van der Waals surface area contributed by atoms with E-state index in [1.54, 1.807) is 12.1 Å². The third kappa shape index (κ3) is 2.05. The highest BCUT2D eigenvalue weighted by Crippen LogP contribution is 2.23. The van der Waals surface area contributed by atoms with Gasteiger partial charge in [0.05, 0.1) is 5.56 Å². The van der Waals surface area contributed by atoms with Crippen molar-refractivity contribution in [1.82, 2.24) is 4.98 Å². The molecule has 1 aliphatic heterocycles. The van der Waals surface area contributed by atoms with Gasteiger partial charge in [0, 0.05) is 19.3 Å². The standard InChI is InChI=1S/C11H12N4O2/c12-5-8-1-2-9(14-6-8)15-4-3-11(13,7-15)10(16)17/h1-2,6H,3-4,7,13H2,(H,16,17). The van der Waals surface area contributed by atoms with Crippen molar-refractivity contribution in [3.8, 4) is 6.07 Å². The van der Waals surface area contributed by atoms with Crippen LogP contribution in [0.4, 0.5) is 5.82 Å². The van der Waals surface area contributed by atoms with Crippen molar-refractivity contribution < 1.29 is 9.90 Å². The molecule has 2 rings (SSSR count). The molecule has 0 spiro atoms. The second kappa shape index (κ2) is 4.03. The van der Waals surface area contributed by atoms with Gasteiger partial charge in [-0.2, -0.15) is 5.26 Å². The Bertz CT molecular complexity index is 479. The van der Waals surface area contributed by atoms with Gasteiger partial charge >= 0.3 is 5.97 Å². The zero-order valence-electron chi connectivity index (χ0n) is 9.13. The van der Waals surface area contributed by atoms with Gasteiger partial charge in [0.25, 0.3) is 0 Å². The lowest BCUT2D eigenvalue weighted by Gasteiger charge is -2.20. The van der Waals surface area contributed by atoms with Crippen molar-refractivity contribution >= 4 is 11.8 Å². The molecule has 0 aliphatic carbocycles. The predicted octanol–water partition coefficient (Wildman–Crippen LogP) is -0.0545. The Morgan fingerprint density at radius 2 is 2.41 bits per heavy atom. The van der Waals surface area contributed by atoms with Crippen molar-refractivity contribution in [2.75, 3.05) is 18.0 Å². The number of anilines is 1. The van der Waals surface area contributed by atoms with E-state index >= 15 is 0 Å². The van der Waals surface area contributed by atoms with Crippen LogP contribution in [0.5, 0.6) is 0 Å². The number of nitriles is 1. The molecule has 1 unspecified atom stereocenters. The molecule has 1 saturated heterocycles. The van der Waals surface area contributed by atoms with E-state index in [-0.39, 0.29) is 6.54 Å². The summed E-state index contributed by atoms with van der Waals surface area (Å²) in [6, 6.07) is 5.33. The first-order valence-corrected chi connectivity index (χ1v) is 5.18. The van der Waals surface area contributed by atoms with Crippen molar-refractivity contribution in [3.05, 3.63) is 23.9 Å². The van der Waals surface area contributed by atoms with Crippen LogP contribution in [0.1, 0.15) is 12.0 Å². The summed E-state index contributed by atoms with van der Waals surface area (Å²) in [5.41, 5.74) is 5.04. The molecule has 2 heterocycles. The number of nitrogens with two attached hydrogens (primary N) is 1. The summed E-state index contributed by atoms with van der Waals surface area (Å²) in [5.74, 6) is -0.341. The van der Waals surface area contributed by atoms with Crippen LogP contribution >= 0.6 is 0 Å². The van der Waals surface area contributed by atoms with Gasteiger partial charge in [-0.05, 0) is 18.6 Å². The zero-order valence-corrected chi connectivity index (χ0v) is 9.13. The summed E-state index contributed by atoms with van der Waals surface area (Å²) in [7, 11) is 0. The van der Waals surface area contributed by atoms with Crippen LogP contribution in [-0.4, -0.2) is 34.7 Å². The number of hydrogen-bond donors (Lipinski definition) is 2. The Kier molecular flexibility index (Phi) is 2.69. The summed E-state index contributed by atoms with van der Waals surface area (Å²) in [4.78, 5) is 16.9. The minimum absolute atomic E-state index is 0.237. The molecule has 1 aliphatic rings. The van der Waals surface area contributed by atoms with E-state index in [0.29, 0.717) is 24.3 Å². The van der Waals surface area contributed by atoms with Gasteiger partial charge < -0.3 is 15.7 Å². The van der Waals surface area contributed by atoms with Crippen LogP contribution < -0.4 is 10.6 Å². The van der Waals surface area contributed by atoms with E-state index in [4.69, 9.17) is 16.1 Å². The number of nitrogens with zero attached hydrogens (tertiary/aromatic N) is 3. The largest absolute Gasteiger partial charge is 0.480 e. The fourth-order valence-electron chi connectivity index (χ4n) is 1.84. The molecule has 6 heteroatoms. The summed E-state index contributed by atoms with van der Waals surface area (Å²) in [5, 5.41) is 17.7. The van der Waals surface area contributed by atoms with Crippen LogP contribution in [0.15, 0.2) is 18.3 Å². The van der Waals surface area contributed by atoms with Crippen molar-refractivity contribution in [2.45, 2.75) is 12.0 Å². The Balaban J connectivity index is 2.15. The topological polar surface area (TPSA) is 103 Å². The minimum Gasteiger partial charge on any atom is -0.480 e. The lowest BCUT2D eigenvalue weighted by Crippen LogP contribution is -2.50. The number of carboxylic acids is 1. The first kappa shape index (κ1) is 11.4. The SMILES string of the molecule is N#Cc1ccc(N2CCC(N)(C(=O)O)C2)nc1. The normalized spacial score (nSPS) is 23.4. The van der Waals surface area contributed by atoms with Gasteiger partial charge in [0.2, 0.25) is 0 Å². The summed E-state index contributed by atoms with van der Waals surface area (Å²) in [6.45, 7) is 0.795.